The van der Waals surface area contributed by atoms with Crippen LogP contribution in [0.2, 0.25) is 0 Å². The van der Waals surface area contributed by atoms with Crippen molar-refractivity contribution in [3.63, 3.8) is 0 Å². The number of aliphatic hydroxyl groups excluding tert-OH is 1. The molecule has 2 unspecified atom stereocenters. The van der Waals surface area contributed by atoms with E-state index in [9.17, 15) is 14.3 Å². The van der Waals surface area contributed by atoms with Gasteiger partial charge in [0.2, 0.25) is 0 Å². The molecule has 1 aromatic heterocycles. The number of rotatable bonds is 9. The second kappa shape index (κ2) is 11.7. The van der Waals surface area contributed by atoms with Gasteiger partial charge in [-0.15, -0.1) is 0 Å². The van der Waals surface area contributed by atoms with Gasteiger partial charge in [0.15, 0.2) is 0 Å². The number of amides is 1. The number of benzene rings is 1. The van der Waals surface area contributed by atoms with E-state index in [0.717, 1.165) is 42.9 Å². The van der Waals surface area contributed by atoms with Gasteiger partial charge in [-0.1, -0.05) is 26.0 Å². The first kappa shape index (κ1) is 26.6. The van der Waals surface area contributed by atoms with Gasteiger partial charge in [-0.25, -0.2) is 4.39 Å². The van der Waals surface area contributed by atoms with Crippen molar-refractivity contribution in [2.24, 2.45) is 5.92 Å². The molecule has 1 N–H and O–H groups in total. The Morgan fingerprint density at radius 1 is 1.14 bits per heavy atom. The van der Waals surface area contributed by atoms with Crippen molar-refractivity contribution < 1.29 is 19.0 Å². The largest absolute Gasteiger partial charge is 0.492 e. The number of nitrogens with zero attached hydrogens (tertiary/aromatic N) is 3. The molecular weight excluding hydrogens is 457 g/mol. The van der Waals surface area contributed by atoms with E-state index in [0.29, 0.717) is 50.4 Å². The lowest BCUT2D eigenvalue weighted by Gasteiger charge is -2.36. The Hall–Kier alpha value is -2.51. The summed E-state index contributed by atoms with van der Waals surface area (Å²) in [6, 6.07) is 11.4. The molecule has 2 saturated heterocycles. The van der Waals surface area contributed by atoms with Crippen LogP contribution < -0.4 is 4.74 Å². The normalized spacial score (nSPS) is 21.6. The van der Waals surface area contributed by atoms with Gasteiger partial charge in [-0.2, -0.15) is 0 Å². The summed E-state index contributed by atoms with van der Waals surface area (Å²) in [5.41, 5.74) is 1.30. The average molecular weight is 498 g/mol. The first-order chi connectivity index (χ1) is 17.3. The quantitative estimate of drug-likeness (QED) is 0.530. The molecule has 0 saturated carbocycles. The molecule has 4 rings (SSSR count). The lowest BCUT2D eigenvalue weighted by Crippen LogP contribution is -2.44. The SMILES string of the molecule is CCC(F)(CC)CN1CCC(COc2ccc(-c3ccc(C(=O)N4CC(O)CC4C)cc3)nc2)CC1. The van der Waals surface area contributed by atoms with E-state index in [1.165, 1.54) is 0 Å². The molecule has 0 aliphatic carbocycles. The van der Waals surface area contributed by atoms with Crippen molar-refractivity contribution >= 4 is 5.91 Å². The lowest BCUT2D eigenvalue weighted by molar-refractivity contribution is 0.0568. The number of carbonyl (C=O) groups excluding carboxylic acids is 1. The molecule has 36 heavy (non-hydrogen) atoms. The Kier molecular flexibility index (Phi) is 8.62. The fraction of sp³-hybridized carbons (Fsp3) is 0.586. The maximum Gasteiger partial charge on any atom is 0.254 e. The van der Waals surface area contributed by atoms with E-state index < -0.39 is 11.8 Å². The molecule has 1 amide bonds. The maximum atomic E-state index is 14.7. The number of halogens is 1. The van der Waals surface area contributed by atoms with E-state index >= 15 is 0 Å². The molecule has 6 nitrogen and oxygen atoms in total. The minimum absolute atomic E-state index is 0.0469. The number of β-amino-alcohol motifs (C(OH)–C–C–N with tert-alkyl or cyclic N) is 1. The Morgan fingerprint density at radius 2 is 1.83 bits per heavy atom. The van der Waals surface area contributed by atoms with Crippen LogP contribution in [0, 0.1) is 5.92 Å². The van der Waals surface area contributed by atoms with Gasteiger partial charge in [0.05, 0.1) is 24.6 Å². The van der Waals surface area contributed by atoms with E-state index in [1.807, 2.05) is 57.2 Å². The maximum absolute atomic E-state index is 14.7. The third-order valence-corrected chi connectivity index (χ3v) is 7.94. The van der Waals surface area contributed by atoms with E-state index in [2.05, 4.69) is 9.88 Å². The highest BCUT2D eigenvalue weighted by molar-refractivity contribution is 5.95. The number of likely N-dealkylation sites (tertiary alicyclic amines) is 2. The molecular formula is C29H40FN3O3. The van der Waals surface area contributed by atoms with Crippen molar-refractivity contribution in [2.45, 2.75) is 70.7 Å². The molecule has 1 aromatic carbocycles. The summed E-state index contributed by atoms with van der Waals surface area (Å²) in [7, 11) is 0. The fourth-order valence-corrected chi connectivity index (χ4v) is 5.27. The van der Waals surface area contributed by atoms with Crippen molar-refractivity contribution in [1.82, 2.24) is 14.8 Å². The van der Waals surface area contributed by atoms with Crippen LogP contribution in [0.3, 0.4) is 0 Å². The Labute approximate surface area is 214 Å². The van der Waals surface area contributed by atoms with Gasteiger partial charge < -0.3 is 19.6 Å². The van der Waals surface area contributed by atoms with Crippen molar-refractivity contribution in [3.05, 3.63) is 48.2 Å². The zero-order chi connectivity index (χ0) is 25.7. The van der Waals surface area contributed by atoms with E-state index in [4.69, 9.17) is 4.74 Å². The molecule has 0 bridgehead atoms. The standard InChI is InChI=1S/C29H40FN3O3/c1-4-29(30,5-2)20-32-14-12-22(13-15-32)19-36-26-10-11-27(31-17-26)23-6-8-24(9-7-23)28(35)33-18-25(34)16-21(33)3/h6-11,17,21-22,25,34H,4-5,12-16,18-20H2,1-3H3. The summed E-state index contributed by atoms with van der Waals surface area (Å²) in [5.74, 6) is 1.17. The summed E-state index contributed by atoms with van der Waals surface area (Å²) >= 11 is 0. The zero-order valence-corrected chi connectivity index (χ0v) is 21.8. The van der Waals surface area contributed by atoms with Gasteiger partial charge in [-0.05, 0) is 82.3 Å². The number of carbonyl (C=O) groups is 1. The number of pyridine rings is 1. The highest BCUT2D eigenvalue weighted by atomic mass is 19.1. The number of hydrogen-bond acceptors (Lipinski definition) is 5. The Morgan fingerprint density at radius 3 is 2.39 bits per heavy atom. The fourth-order valence-electron chi connectivity index (χ4n) is 5.27. The first-order valence-corrected chi connectivity index (χ1v) is 13.4. The number of ether oxygens (including phenoxy) is 1. The predicted molar refractivity (Wildman–Crippen MR) is 140 cm³/mol. The summed E-state index contributed by atoms with van der Waals surface area (Å²) in [6.07, 6.45) is 5.12. The second-order valence-electron chi connectivity index (χ2n) is 10.5. The van der Waals surface area contributed by atoms with Crippen LogP contribution >= 0.6 is 0 Å². The lowest BCUT2D eigenvalue weighted by atomic mass is 9.94. The Bertz CT molecular complexity index is 986. The summed E-state index contributed by atoms with van der Waals surface area (Å²) in [6.45, 7) is 9.25. The highest BCUT2D eigenvalue weighted by Gasteiger charge is 2.32. The van der Waals surface area contributed by atoms with Gasteiger partial charge in [-0.3, -0.25) is 9.78 Å². The van der Waals surface area contributed by atoms with Crippen LogP contribution in [0.5, 0.6) is 5.75 Å². The van der Waals surface area contributed by atoms with Crippen LogP contribution in [0.4, 0.5) is 4.39 Å². The number of alkyl halides is 1. The van der Waals surface area contributed by atoms with Crippen molar-refractivity contribution in [2.75, 3.05) is 32.8 Å². The van der Waals surface area contributed by atoms with E-state index in [1.54, 1.807) is 11.1 Å². The number of aliphatic hydroxyl groups is 1. The van der Waals surface area contributed by atoms with Crippen molar-refractivity contribution in [1.29, 1.82) is 0 Å². The molecule has 0 spiro atoms. The van der Waals surface area contributed by atoms with Gasteiger partial charge in [0.25, 0.3) is 5.91 Å². The molecule has 3 heterocycles. The second-order valence-corrected chi connectivity index (χ2v) is 10.5. The summed E-state index contributed by atoms with van der Waals surface area (Å²) < 4.78 is 20.7. The molecule has 7 heteroatoms. The van der Waals surface area contributed by atoms with Crippen LogP contribution in [-0.2, 0) is 0 Å². The minimum atomic E-state index is -1.07. The molecule has 2 fully saturated rings. The smallest absolute Gasteiger partial charge is 0.254 e. The number of piperidine rings is 1. The van der Waals surface area contributed by atoms with Crippen LogP contribution in [-0.4, -0.2) is 76.4 Å². The monoisotopic (exact) mass is 497 g/mol. The van der Waals surface area contributed by atoms with Gasteiger partial charge in [0, 0.05) is 30.3 Å². The molecule has 2 aliphatic rings. The van der Waals surface area contributed by atoms with Crippen LogP contribution in [0.1, 0.15) is 63.2 Å². The topological polar surface area (TPSA) is 65.9 Å². The van der Waals surface area contributed by atoms with Gasteiger partial charge >= 0.3 is 0 Å². The average Bonchev–Trinajstić information content (AvgIpc) is 3.25. The molecule has 2 atom stereocenters. The molecule has 196 valence electrons. The van der Waals surface area contributed by atoms with Crippen LogP contribution in [0.25, 0.3) is 11.3 Å². The van der Waals surface area contributed by atoms with E-state index in [-0.39, 0.29) is 11.9 Å². The first-order valence-electron chi connectivity index (χ1n) is 13.4. The number of aromatic nitrogens is 1. The predicted octanol–water partition coefficient (Wildman–Crippen LogP) is 4.96. The highest BCUT2D eigenvalue weighted by Crippen LogP contribution is 2.27. The summed E-state index contributed by atoms with van der Waals surface area (Å²) in [5, 5.41) is 9.83. The minimum Gasteiger partial charge on any atom is -0.492 e. The van der Waals surface area contributed by atoms with Gasteiger partial charge in [0.1, 0.15) is 11.4 Å². The molecule has 0 radical (unpaired) electrons. The number of hydrogen-bond donors (Lipinski definition) is 1. The Balaban J connectivity index is 1.25. The summed E-state index contributed by atoms with van der Waals surface area (Å²) in [4.78, 5) is 21.3. The van der Waals surface area contributed by atoms with Crippen molar-refractivity contribution in [3.8, 4) is 17.0 Å². The third kappa shape index (κ3) is 6.43. The zero-order valence-electron chi connectivity index (χ0n) is 21.8. The molecule has 2 aromatic rings. The molecule has 2 aliphatic heterocycles. The van der Waals surface area contributed by atoms with Crippen LogP contribution in [0.15, 0.2) is 42.6 Å². The third-order valence-electron chi connectivity index (χ3n) is 7.94.